The van der Waals surface area contributed by atoms with Crippen LogP contribution in [0.2, 0.25) is 5.02 Å². The van der Waals surface area contributed by atoms with E-state index in [2.05, 4.69) is 4.98 Å². The molecule has 1 aromatic heterocycles. The Morgan fingerprint density at radius 2 is 2.05 bits per heavy atom. The summed E-state index contributed by atoms with van der Waals surface area (Å²) in [7, 11) is 1.52. The Kier molecular flexibility index (Phi) is 4.76. The van der Waals surface area contributed by atoms with Gasteiger partial charge in [0.2, 0.25) is 0 Å². The SMILES string of the molecule is COc1cc(CN)cc(Cl)c1OCc1cncc(F)c1. The van der Waals surface area contributed by atoms with Gasteiger partial charge in [-0.2, -0.15) is 0 Å². The molecule has 20 heavy (non-hydrogen) atoms. The molecule has 0 saturated carbocycles. The maximum atomic E-state index is 13.0. The molecule has 106 valence electrons. The number of rotatable bonds is 5. The van der Waals surface area contributed by atoms with E-state index in [1.54, 1.807) is 12.1 Å². The monoisotopic (exact) mass is 296 g/mol. The third-order valence-corrected chi connectivity index (χ3v) is 2.95. The van der Waals surface area contributed by atoms with E-state index in [-0.39, 0.29) is 6.61 Å². The summed E-state index contributed by atoms with van der Waals surface area (Å²) in [5, 5.41) is 0.397. The molecule has 0 saturated heterocycles. The van der Waals surface area contributed by atoms with Crippen molar-refractivity contribution in [3.05, 3.63) is 52.6 Å². The molecule has 0 spiro atoms. The fraction of sp³-hybridized carbons (Fsp3) is 0.214. The van der Waals surface area contributed by atoms with E-state index in [1.807, 2.05) is 0 Å². The molecule has 0 atom stereocenters. The number of hydrogen-bond acceptors (Lipinski definition) is 4. The number of benzene rings is 1. The first-order chi connectivity index (χ1) is 9.63. The maximum absolute atomic E-state index is 13.0. The predicted molar refractivity (Wildman–Crippen MR) is 74.4 cm³/mol. The van der Waals surface area contributed by atoms with Crippen LogP contribution in [-0.2, 0) is 13.2 Å². The van der Waals surface area contributed by atoms with Gasteiger partial charge in [0, 0.05) is 18.3 Å². The van der Waals surface area contributed by atoms with Crippen molar-refractivity contribution < 1.29 is 13.9 Å². The fourth-order valence-corrected chi connectivity index (χ4v) is 2.01. The molecular formula is C14H14ClFN2O2. The minimum atomic E-state index is -0.414. The smallest absolute Gasteiger partial charge is 0.180 e. The Morgan fingerprint density at radius 3 is 2.70 bits per heavy atom. The van der Waals surface area contributed by atoms with Crippen LogP contribution in [0, 0.1) is 5.82 Å². The van der Waals surface area contributed by atoms with E-state index in [0.29, 0.717) is 28.6 Å². The lowest BCUT2D eigenvalue weighted by Crippen LogP contribution is -2.02. The highest BCUT2D eigenvalue weighted by atomic mass is 35.5. The summed E-state index contributed by atoms with van der Waals surface area (Å²) < 4.78 is 23.9. The lowest BCUT2D eigenvalue weighted by atomic mass is 10.2. The van der Waals surface area contributed by atoms with Gasteiger partial charge in [-0.15, -0.1) is 0 Å². The van der Waals surface area contributed by atoms with Gasteiger partial charge >= 0.3 is 0 Å². The number of aromatic nitrogens is 1. The highest BCUT2D eigenvalue weighted by molar-refractivity contribution is 6.32. The molecule has 0 amide bonds. The van der Waals surface area contributed by atoms with Crippen molar-refractivity contribution >= 4 is 11.6 Å². The van der Waals surface area contributed by atoms with E-state index in [9.17, 15) is 4.39 Å². The minimum absolute atomic E-state index is 0.142. The molecule has 2 rings (SSSR count). The van der Waals surface area contributed by atoms with Crippen molar-refractivity contribution in [1.29, 1.82) is 0 Å². The van der Waals surface area contributed by atoms with Crippen LogP contribution in [-0.4, -0.2) is 12.1 Å². The summed E-state index contributed by atoms with van der Waals surface area (Å²) >= 11 is 6.14. The van der Waals surface area contributed by atoms with Crippen molar-refractivity contribution in [3.63, 3.8) is 0 Å². The van der Waals surface area contributed by atoms with Gasteiger partial charge in [-0.1, -0.05) is 11.6 Å². The topological polar surface area (TPSA) is 57.4 Å². The van der Waals surface area contributed by atoms with E-state index >= 15 is 0 Å². The van der Waals surface area contributed by atoms with Crippen molar-refractivity contribution in [2.75, 3.05) is 7.11 Å². The van der Waals surface area contributed by atoms with E-state index in [1.165, 1.54) is 19.4 Å². The molecule has 0 aliphatic heterocycles. The van der Waals surface area contributed by atoms with Crippen LogP contribution in [0.4, 0.5) is 4.39 Å². The van der Waals surface area contributed by atoms with Crippen LogP contribution in [0.25, 0.3) is 0 Å². The van der Waals surface area contributed by atoms with Crippen molar-refractivity contribution in [2.45, 2.75) is 13.2 Å². The third-order valence-electron chi connectivity index (χ3n) is 2.67. The zero-order chi connectivity index (χ0) is 14.5. The normalized spacial score (nSPS) is 10.4. The highest BCUT2D eigenvalue weighted by Gasteiger charge is 2.12. The van der Waals surface area contributed by atoms with E-state index < -0.39 is 5.82 Å². The number of hydrogen-bond donors (Lipinski definition) is 1. The molecule has 1 heterocycles. The molecule has 2 N–H and O–H groups in total. The molecule has 0 bridgehead atoms. The summed E-state index contributed by atoms with van der Waals surface area (Å²) in [5.74, 6) is 0.473. The summed E-state index contributed by atoms with van der Waals surface area (Å²) in [4.78, 5) is 3.75. The zero-order valence-corrected chi connectivity index (χ0v) is 11.7. The van der Waals surface area contributed by atoms with E-state index in [0.717, 1.165) is 11.8 Å². The standard InChI is InChI=1S/C14H14ClFN2O2/c1-19-13-4-9(5-17)3-12(15)14(13)20-8-10-2-11(16)7-18-6-10/h2-4,6-7H,5,8,17H2,1H3. The van der Waals surface area contributed by atoms with Crippen LogP contribution < -0.4 is 15.2 Å². The fourth-order valence-electron chi connectivity index (χ4n) is 1.72. The summed E-state index contributed by atoms with van der Waals surface area (Å²) in [5.41, 5.74) is 7.01. The van der Waals surface area contributed by atoms with Crippen LogP contribution in [0.3, 0.4) is 0 Å². The molecule has 1 aromatic carbocycles. The number of methoxy groups -OCH3 is 1. The Bertz CT molecular complexity index is 608. The number of halogens is 2. The Hall–Kier alpha value is -1.85. The van der Waals surface area contributed by atoms with Gasteiger partial charge in [-0.3, -0.25) is 4.98 Å². The Morgan fingerprint density at radius 1 is 1.25 bits per heavy atom. The van der Waals surface area contributed by atoms with Crippen LogP contribution >= 0.6 is 11.6 Å². The Labute approximate surface area is 121 Å². The maximum Gasteiger partial charge on any atom is 0.180 e. The number of nitrogens with two attached hydrogens (primary N) is 1. The molecule has 4 nitrogen and oxygen atoms in total. The molecule has 0 fully saturated rings. The van der Waals surface area contributed by atoms with Crippen LogP contribution in [0.5, 0.6) is 11.5 Å². The lowest BCUT2D eigenvalue weighted by Gasteiger charge is -2.13. The highest BCUT2D eigenvalue weighted by Crippen LogP contribution is 2.36. The average Bonchev–Trinajstić information content (AvgIpc) is 2.45. The third kappa shape index (κ3) is 3.37. The minimum Gasteiger partial charge on any atom is -0.493 e. The van der Waals surface area contributed by atoms with Crippen LogP contribution in [0.1, 0.15) is 11.1 Å². The number of pyridine rings is 1. The largest absolute Gasteiger partial charge is 0.493 e. The summed E-state index contributed by atoms with van der Waals surface area (Å²) in [6, 6.07) is 4.82. The summed E-state index contributed by atoms with van der Waals surface area (Å²) in [6.07, 6.45) is 2.66. The van der Waals surface area contributed by atoms with Gasteiger partial charge in [0.25, 0.3) is 0 Å². The molecule has 6 heteroatoms. The van der Waals surface area contributed by atoms with Gasteiger partial charge < -0.3 is 15.2 Å². The second kappa shape index (κ2) is 6.54. The molecule has 0 radical (unpaired) electrons. The van der Waals surface area contributed by atoms with Gasteiger partial charge in [-0.05, 0) is 23.8 Å². The average molecular weight is 297 g/mol. The van der Waals surface area contributed by atoms with E-state index in [4.69, 9.17) is 26.8 Å². The van der Waals surface area contributed by atoms with Gasteiger partial charge in [0.05, 0.1) is 18.3 Å². The van der Waals surface area contributed by atoms with Crippen molar-refractivity contribution in [2.24, 2.45) is 5.73 Å². The first-order valence-electron chi connectivity index (χ1n) is 5.92. The second-order valence-electron chi connectivity index (χ2n) is 4.11. The first-order valence-corrected chi connectivity index (χ1v) is 6.30. The number of ether oxygens (including phenoxy) is 2. The number of nitrogens with zero attached hydrogens (tertiary/aromatic N) is 1. The van der Waals surface area contributed by atoms with Gasteiger partial charge in [-0.25, -0.2) is 4.39 Å². The predicted octanol–water partition coefficient (Wildman–Crippen LogP) is 2.92. The second-order valence-corrected chi connectivity index (χ2v) is 4.52. The van der Waals surface area contributed by atoms with Gasteiger partial charge in [0.15, 0.2) is 11.5 Å². The molecule has 0 aliphatic carbocycles. The molecular weight excluding hydrogens is 283 g/mol. The zero-order valence-electron chi connectivity index (χ0n) is 10.9. The molecule has 0 unspecified atom stereocenters. The molecule has 2 aromatic rings. The quantitative estimate of drug-likeness (QED) is 0.921. The first kappa shape index (κ1) is 14.6. The van der Waals surface area contributed by atoms with Gasteiger partial charge in [0.1, 0.15) is 12.4 Å². The Balaban J connectivity index is 2.20. The van der Waals surface area contributed by atoms with Crippen LogP contribution in [0.15, 0.2) is 30.6 Å². The lowest BCUT2D eigenvalue weighted by molar-refractivity contribution is 0.283. The van der Waals surface area contributed by atoms with Crippen molar-refractivity contribution in [1.82, 2.24) is 4.98 Å². The molecule has 0 aliphatic rings. The van der Waals surface area contributed by atoms with Crippen molar-refractivity contribution in [3.8, 4) is 11.5 Å². The summed E-state index contributed by atoms with van der Waals surface area (Å²) in [6.45, 7) is 0.493.